The first-order chi connectivity index (χ1) is 14.5. The van der Waals surface area contributed by atoms with Crippen LogP contribution in [0, 0.1) is 0 Å². The van der Waals surface area contributed by atoms with Gasteiger partial charge in [-0.05, 0) is 37.6 Å². The number of amides is 1. The molecule has 2 N–H and O–H groups in total. The van der Waals surface area contributed by atoms with Gasteiger partial charge < -0.3 is 24.5 Å². The molecular weight excluding hydrogens is 390 g/mol. The van der Waals surface area contributed by atoms with Crippen molar-refractivity contribution in [3.8, 4) is 11.5 Å². The minimum absolute atomic E-state index is 0.252. The van der Waals surface area contributed by atoms with Gasteiger partial charge in [0.2, 0.25) is 0 Å². The maximum Gasteiger partial charge on any atom is 0.331 e. The molecule has 0 aliphatic heterocycles. The van der Waals surface area contributed by atoms with Crippen LogP contribution in [-0.4, -0.2) is 51.6 Å². The van der Waals surface area contributed by atoms with E-state index in [1.807, 2.05) is 6.92 Å². The van der Waals surface area contributed by atoms with Gasteiger partial charge in [-0.3, -0.25) is 4.79 Å². The standard InChI is InChI=1S/C20H21N5O5/c1-4-29-14-7-5-13(9-15(14)28-3)6-8-16(26)30-12(2)20(27)25-19-17-18(22-10-21-17)23-11-24-19/h5-12H,4H2,1-3H3,(H2,21,22,23,24,25,27)/b8-6+. The molecule has 3 aromatic rings. The molecule has 1 aromatic carbocycles. The predicted molar refractivity (Wildman–Crippen MR) is 109 cm³/mol. The number of H-pyrrole nitrogens is 1. The quantitative estimate of drug-likeness (QED) is 0.427. The molecule has 0 spiro atoms. The van der Waals surface area contributed by atoms with Gasteiger partial charge in [0.1, 0.15) is 11.8 Å². The number of esters is 1. The number of hydrogen-bond donors (Lipinski definition) is 2. The summed E-state index contributed by atoms with van der Waals surface area (Å²) in [5.74, 6) is 0.215. The maximum absolute atomic E-state index is 12.3. The third kappa shape index (κ3) is 4.90. The van der Waals surface area contributed by atoms with E-state index in [0.717, 1.165) is 0 Å². The van der Waals surface area contributed by atoms with Crippen molar-refractivity contribution >= 4 is 34.9 Å². The van der Waals surface area contributed by atoms with Crippen molar-refractivity contribution in [2.45, 2.75) is 20.0 Å². The van der Waals surface area contributed by atoms with Crippen LogP contribution in [0.25, 0.3) is 17.2 Å². The average Bonchev–Trinajstić information content (AvgIpc) is 3.23. The number of fused-ring (bicyclic) bond motifs is 1. The van der Waals surface area contributed by atoms with Crippen LogP contribution in [0.2, 0.25) is 0 Å². The summed E-state index contributed by atoms with van der Waals surface area (Å²) in [6.07, 6.45) is 4.48. The number of ether oxygens (including phenoxy) is 3. The zero-order chi connectivity index (χ0) is 21.5. The van der Waals surface area contributed by atoms with Gasteiger partial charge in [0.25, 0.3) is 5.91 Å². The molecule has 30 heavy (non-hydrogen) atoms. The van der Waals surface area contributed by atoms with E-state index in [-0.39, 0.29) is 5.82 Å². The Bertz CT molecular complexity index is 1080. The van der Waals surface area contributed by atoms with Crippen molar-refractivity contribution in [2.24, 2.45) is 0 Å². The summed E-state index contributed by atoms with van der Waals surface area (Å²) in [6.45, 7) is 3.86. The molecule has 0 saturated carbocycles. The minimum Gasteiger partial charge on any atom is -0.493 e. The molecule has 0 bridgehead atoms. The third-order valence-electron chi connectivity index (χ3n) is 4.03. The number of aromatic nitrogens is 4. The van der Waals surface area contributed by atoms with Crippen LogP contribution in [0.3, 0.4) is 0 Å². The SMILES string of the molecule is CCOc1ccc(/C=C/C(=O)OC(C)C(=O)Nc2ncnc3nc[nH]c23)cc1OC. The summed E-state index contributed by atoms with van der Waals surface area (Å²) < 4.78 is 15.9. The second-order valence-electron chi connectivity index (χ2n) is 6.07. The van der Waals surface area contributed by atoms with E-state index >= 15 is 0 Å². The predicted octanol–water partition coefficient (Wildman–Crippen LogP) is 2.34. The monoisotopic (exact) mass is 411 g/mol. The molecule has 0 aliphatic carbocycles. The van der Waals surface area contributed by atoms with Gasteiger partial charge in [-0.15, -0.1) is 0 Å². The highest BCUT2D eigenvalue weighted by atomic mass is 16.5. The van der Waals surface area contributed by atoms with E-state index < -0.39 is 18.0 Å². The van der Waals surface area contributed by atoms with E-state index in [1.165, 1.54) is 32.8 Å². The number of benzene rings is 1. The highest BCUT2D eigenvalue weighted by Gasteiger charge is 2.19. The molecule has 1 atom stereocenters. The summed E-state index contributed by atoms with van der Waals surface area (Å²) in [4.78, 5) is 39.2. The van der Waals surface area contributed by atoms with Gasteiger partial charge in [-0.1, -0.05) is 6.07 Å². The van der Waals surface area contributed by atoms with Crippen LogP contribution >= 0.6 is 0 Å². The Labute approximate surface area is 172 Å². The highest BCUT2D eigenvalue weighted by Crippen LogP contribution is 2.28. The number of anilines is 1. The van der Waals surface area contributed by atoms with Gasteiger partial charge in [0, 0.05) is 6.08 Å². The number of nitrogens with one attached hydrogen (secondary N) is 2. The second kappa shape index (κ2) is 9.50. The van der Waals surface area contributed by atoms with Crippen molar-refractivity contribution in [3.05, 3.63) is 42.5 Å². The van der Waals surface area contributed by atoms with E-state index in [0.29, 0.717) is 34.8 Å². The summed E-state index contributed by atoms with van der Waals surface area (Å²) in [5, 5.41) is 2.59. The largest absolute Gasteiger partial charge is 0.493 e. The minimum atomic E-state index is -1.04. The first-order valence-electron chi connectivity index (χ1n) is 9.16. The lowest BCUT2D eigenvalue weighted by molar-refractivity contribution is -0.148. The molecule has 156 valence electrons. The molecule has 1 amide bonds. The molecule has 0 radical (unpaired) electrons. The van der Waals surface area contributed by atoms with Crippen molar-refractivity contribution in [3.63, 3.8) is 0 Å². The van der Waals surface area contributed by atoms with Crippen molar-refractivity contribution < 1.29 is 23.8 Å². The number of carbonyl (C=O) groups is 2. The van der Waals surface area contributed by atoms with Crippen molar-refractivity contribution in [2.75, 3.05) is 19.0 Å². The van der Waals surface area contributed by atoms with Crippen molar-refractivity contribution in [1.82, 2.24) is 19.9 Å². The fourth-order valence-corrected chi connectivity index (χ4v) is 2.57. The zero-order valence-electron chi connectivity index (χ0n) is 16.7. The van der Waals surface area contributed by atoms with E-state index in [2.05, 4.69) is 25.3 Å². The average molecular weight is 411 g/mol. The lowest BCUT2D eigenvalue weighted by Gasteiger charge is -2.12. The summed E-state index contributed by atoms with van der Waals surface area (Å²) >= 11 is 0. The topological polar surface area (TPSA) is 128 Å². The van der Waals surface area contributed by atoms with Crippen LogP contribution in [0.1, 0.15) is 19.4 Å². The molecular formula is C20H21N5O5. The normalized spacial score (nSPS) is 12.0. The third-order valence-corrected chi connectivity index (χ3v) is 4.03. The number of nitrogens with zero attached hydrogens (tertiary/aromatic N) is 3. The molecule has 1 unspecified atom stereocenters. The van der Waals surface area contributed by atoms with Gasteiger partial charge in [-0.2, -0.15) is 0 Å². The number of rotatable bonds is 8. The van der Waals surface area contributed by atoms with E-state index in [9.17, 15) is 9.59 Å². The molecule has 10 nitrogen and oxygen atoms in total. The van der Waals surface area contributed by atoms with Crippen molar-refractivity contribution in [1.29, 1.82) is 0 Å². The van der Waals surface area contributed by atoms with Crippen LogP contribution in [0.5, 0.6) is 11.5 Å². The van der Waals surface area contributed by atoms with Gasteiger partial charge in [0.05, 0.1) is 20.0 Å². The summed E-state index contributed by atoms with van der Waals surface area (Å²) in [6, 6.07) is 5.26. The Kier molecular flexibility index (Phi) is 6.58. The number of aromatic amines is 1. The number of imidazole rings is 1. The maximum atomic E-state index is 12.3. The molecule has 0 saturated heterocycles. The second-order valence-corrected chi connectivity index (χ2v) is 6.07. The Morgan fingerprint density at radius 1 is 1.23 bits per heavy atom. The molecule has 2 heterocycles. The molecule has 10 heteroatoms. The Morgan fingerprint density at radius 2 is 2.07 bits per heavy atom. The van der Waals surface area contributed by atoms with E-state index in [4.69, 9.17) is 14.2 Å². The van der Waals surface area contributed by atoms with Gasteiger partial charge in [-0.25, -0.2) is 19.7 Å². The summed E-state index contributed by atoms with van der Waals surface area (Å²) in [7, 11) is 1.54. The molecule has 2 aromatic heterocycles. The Hall–Kier alpha value is -3.95. The fourth-order valence-electron chi connectivity index (χ4n) is 2.57. The first kappa shape index (κ1) is 20.8. The first-order valence-corrected chi connectivity index (χ1v) is 9.16. The smallest absolute Gasteiger partial charge is 0.331 e. The zero-order valence-corrected chi connectivity index (χ0v) is 16.7. The summed E-state index contributed by atoms with van der Waals surface area (Å²) in [5.41, 5.74) is 1.61. The lowest BCUT2D eigenvalue weighted by atomic mass is 10.2. The van der Waals surface area contributed by atoms with Crippen LogP contribution in [0.15, 0.2) is 36.9 Å². The van der Waals surface area contributed by atoms with Crippen LogP contribution < -0.4 is 14.8 Å². The Morgan fingerprint density at radius 3 is 2.83 bits per heavy atom. The number of carbonyl (C=O) groups excluding carboxylic acids is 2. The Balaban J connectivity index is 1.60. The lowest BCUT2D eigenvalue weighted by Crippen LogP contribution is -2.29. The molecule has 0 aliphatic rings. The number of hydrogen-bond acceptors (Lipinski definition) is 8. The fraction of sp³-hybridized carbons (Fsp3) is 0.250. The van der Waals surface area contributed by atoms with Crippen LogP contribution in [-0.2, 0) is 14.3 Å². The molecule has 3 rings (SSSR count). The highest BCUT2D eigenvalue weighted by molar-refractivity contribution is 6.00. The van der Waals surface area contributed by atoms with Gasteiger partial charge in [0.15, 0.2) is 29.1 Å². The van der Waals surface area contributed by atoms with Crippen LogP contribution in [0.4, 0.5) is 5.82 Å². The molecule has 0 fully saturated rings. The number of methoxy groups -OCH3 is 1. The van der Waals surface area contributed by atoms with E-state index in [1.54, 1.807) is 24.3 Å². The van der Waals surface area contributed by atoms with Gasteiger partial charge >= 0.3 is 5.97 Å².